The van der Waals surface area contributed by atoms with Crippen LogP contribution in [0.3, 0.4) is 0 Å². The first-order valence-electron chi connectivity index (χ1n) is 7.78. The molecule has 4 heterocycles. The van der Waals surface area contributed by atoms with Gasteiger partial charge in [-0.3, -0.25) is 9.50 Å². The van der Waals surface area contributed by atoms with Gasteiger partial charge in [0.15, 0.2) is 5.82 Å². The van der Waals surface area contributed by atoms with E-state index in [1.165, 1.54) is 22.7 Å². The van der Waals surface area contributed by atoms with Crippen molar-refractivity contribution in [2.24, 2.45) is 0 Å². The summed E-state index contributed by atoms with van der Waals surface area (Å²) < 4.78 is 40.9. The minimum Gasteiger partial charge on any atom is -0.384 e. The number of hydrogen-bond donors (Lipinski definition) is 3. The third kappa shape index (κ3) is 3.14. The molecular formula is C16H13F3N8. The van der Waals surface area contributed by atoms with Gasteiger partial charge in [-0.1, -0.05) is 0 Å². The summed E-state index contributed by atoms with van der Waals surface area (Å²) in [7, 11) is 0. The molecular weight excluding hydrogens is 361 g/mol. The van der Waals surface area contributed by atoms with Crippen LogP contribution < -0.4 is 11.1 Å². The van der Waals surface area contributed by atoms with Gasteiger partial charge < -0.3 is 11.1 Å². The van der Waals surface area contributed by atoms with Gasteiger partial charge in [-0.15, -0.1) is 0 Å². The van der Waals surface area contributed by atoms with Crippen LogP contribution in [0.5, 0.6) is 0 Å². The molecule has 0 aliphatic heterocycles. The van der Waals surface area contributed by atoms with Gasteiger partial charge >= 0.3 is 6.18 Å². The fourth-order valence-corrected chi connectivity index (χ4v) is 2.71. The van der Waals surface area contributed by atoms with E-state index in [9.17, 15) is 13.2 Å². The third-order valence-electron chi connectivity index (χ3n) is 3.80. The number of aryl methyl sites for hydroxylation is 1. The highest BCUT2D eigenvalue weighted by atomic mass is 19.4. The van der Waals surface area contributed by atoms with Crippen LogP contribution in [0.1, 0.15) is 11.4 Å². The first-order chi connectivity index (χ1) is 12.8. The molecule has 0 saturated carbocycles. The van der Waals surface area contributed by atoms with Crippen LogP contribution in [0.15, 0.2) is 36.7 Å². The van der Waals surface area contributed by atoms with Crippen LogP contribution >= 0.6 is 0 Å². The molecule has 4 rings (SSSR count). The molecule has 0 atom stereocenters. The van der Waals surface area contributed by atoms with Crippen LogP contribution in [-0.2, 0) is 6.18 Å². The van der Waals surface area contributed by atoms with E-state index in [-0.39, 0.29) is 5.82 Å². The molecule has 4 aromatic rings. The Hall–Kier alpha value is -3.63. The molecule has 0 amide bonds. The topological polar surface area (TPSA) is 110 Å². The summed E-state index contributed by atoms with van der Waals surface area (Å²) in [6.45, 7) is 1.65. The van der Waals surface area contributed by atoms with Gasteiger partial charge in [0.1, 0.15) is 28.8 Å². The van der Waals surface area contributed by atoms with E-state index in [4.69, 9.17) is 5.73 Å². The van der Waals surface area contributed by atoms with Gasteiger partial charge in [-0.2, -0.15) is 18.3 Å². The van der Waals surface area contributed by atoms with Crippen molar-refractivity contribution in [3.05, 3.63) is 48.0 Å². The number of fused-ring (bicyclic) bond motifs is 1. The highest BCUT2D eigenvalue weighted by Crippen LogP contribution is 2.34. The van der Waals surface area contributed by atoms with Crippen LogP contribution in [0.25, 0.3) is 17.0 Å². The van der Waals surface area contributed by atoms with Gasteiger partial charge in [-0.25, -0.2) is 15.0 Å². The largest absolute Gasteiger partial charge is 0.417 e. The number of hydrogen-bond acceptors (Lipinski definition) is 6. The molecule has 0 bridgehead atoms. The number of nitrogens with two attached hydrogens (primary N) is 1. The Labute approximate surface area is 150 Å². The average molecular weight is 374 g/mol. The fourth-order valence-electron chi connectivity index (χ4n) is 2.71. The third-order valence-corrected chi connectivity index (χ3v) is 3.80. The summed E-state index contributed by atoms with van der Waals surface area (Å²) in [5.74, 6) is 1.41. The molecule has 0 aromatic carbocycles. The van der Waals surface area contributed by atoms with Gasteiger partial charge in [0.25, 0.3) is 0 Å². The Bertz CT molecular complexity index is 1090. The molecule has 0 spiro atoms. The van der Waals surface area contributed by atoms with E-state index < -0.39 is 11.7 Å². The maximum atomic E-state index is 13.2. The van der Waals surface area contributed by atoms with Gasteiger partial charge in [0.05, 0.1) is 17.5 Å². The van der Waals surface area contributed by atoms with E-state index in [2.05, 4.69) is 30.5 Å². The number of nitrogens with one attached hydrogen (secondary N) is 2. The van der Waals surface area contributed by atoms with Crippen LogP contribution in [0.2, 0.25) is 0 Å². The summed E-state index contributed by atoms with van der Waals surface area (Å²) in [4.78, 5) is 12.7. The minimum absolute atomic E-state index is 0.201. The van der Waals surface area contributed by atoms with Crippen molar-refractivity contribution < 1.29 is 13.2 Å². The maximum absolute atomic E-state index is 13.2. The first kappa shape index (κ1) is 16.8. The second-order valence-electron chi connectivity index (χ2n) is 5.77. The van der Waals surface area contributed by atoms with Crippen molar-refractivity contribution in [3.63, 3.8) is 0 Å². The molecule has 0 aliphatic carbocycles. The molecule has 4 N–H and O–H groups in total. The van der Waals surface area contributed by atoms with E-state index in [0.29, 0.717) is 34.5 Å². The zero-order chi connectivity index (χ0) is 19.2. The first-order valence-corrected chi connectivity index (χ1v) is 7.78. The number of nitrogen functional groups attached to an aromatic ring is 1. The predicted molar refractivity (Wildman–Crippen MR) is 92.2 cm³/mol. The van der Waals surface area contributed by atoms with Crippen molar-refractivity contribution in [1.82, 2.24) is 29.5 Å². The van der Waals surface area contributed by atoms with Crippen molar-refractivity contribution in [2.45, 2.75) is 13.1 Å². The monoisotopic (exact) mass is 374 g/mol. The number of nitrogens with zero attached hydrogens (tertiary/aromatic N) is 5. The van der Waals surface area contributed by atoms with Gasteiger partial charge in [-0.05, 0) is 19.1 Å². The molecule has 0 radical (unpaired) electrons. The number of imidazole rings is 1. The summed E-state index contributed by atoms with van der Waals surface area (Å²) in [5, 5.41) is 9.56. The van der Waals surface area contributed by atoms with Crippen molar-refractivity contribution in [1.29, 1.82) is 0 Å². The summed E-state index contributed by atoms with van der Waals surface area (Å²) in [6.07, 6.45) is -1.98. The zero-order valence-corrected chi connectivity index (χ0v) is 13.9. The lowest BCUT2D eigenvalue weighted by molar-refractivity contribution is -0.137. The molecule has 138 valence electrons. The highest BCUT2D eigenvalue weighted by molar-refractivity contribution is 5.78. The van der Waals surface area contributed by atoms with Crippen molar-refractivity contribution >= 4 is 23.1 Å². The highest BCUT2D eigenvalue weighted by Gasteiger charge is 2.31. The maximum Gasteiger partial charge on any atom is 0.417 e. The van der Waals surface area contributed by atoms with Gasteiger partial charge in [0.2, 0.25) is 0 Å². The molecule has 0 saturated heterocycles. The number of anilines is 3. The number of alkyl halides is 3. The molecule has 0 unspecified atom stereocenters. The van der Waals surface area contributed by atoms with E-state index in [1.807, 2.05) is 0 Å². The normalized spacial score (nSPS) is 11.9. The Balaban J connectivity index is 1.98. The van der Waals surface area contributed by atoms with E-state index in [0.717, 1.165) is 12.3 Å². The quantitative estimate of drug-likeness (QED) is 0.508. The Morgan fingerprint density at radius 3 is 2.63 bits per heavy atom. The fraction of sp³-hybridized carbons (Fsp3) is 0.125. The predicted octanol–water partition coefficient (Wildman–Crippen LogP) is 3.17. The van der Waals surface area contributed by atoms with Crippen LogP contribution in [0, 0.1) is 6.92 Å². The SMILES string of the molecule is Cc1nc(N)cc(-c2c(Nc3ccn[nH]3)nc3ccc(C(F)(F)F)cn23)n1. The second-order valence-corrected chi connectivity index (χ2v) is 5.77. The lowest BCUT2D eigenvalue weighted by atomic mass is 10.2. The lowest BCUT2D eigenvalue weighted by Crippen LogP contribution is -2.07. The number of H-pyrrole nitrogens is 1. The number of halogens is 3. The number of rotatable bonds is 3. The van der Waals surface area contributed by atoms with Crippen LogP contribution in [-0.4, -0.2) is 29.5 Å². The van der Waals surface area contributed by atoms with Crippen molar-refractivity contribution in [2.75, 3.05) is 11.1 Å². The van der Waals surface area contributed by atoms with E-state index in [1.54, 1.807) is 13.0 Å². The molecule has 4 aromatic heterocycles. The molecule has 11 heteroatoms. The smallest absolute Gasteiger partial charge is 0.384 e. The average Bonchev–Trinajstić information content (AvgIpc) is 3.19. The number of pyridine rings is 1. The number of aromatic amines is 1. The standard InChI is InChI=1S/C16H13F3N8/c1-8-22-10(6-11(20)23-8)14-15(24-12-4-5-21-26-12)25-13-3-2-9(7-27(13)14)16(17,18)19/h2-7H,1H3,(H2,20,22,23)(H2,21,24,26). The summed E-state index contributed by atoms with van der Waals surface area (Å²) in [5.41, 5.74) is 5.97. The molecule has 8 nitrogen and oxygen atoms in total. The van der Waals surface area contributed by atoms with Gasteiger partial charge in [0, 0.05) is 18.3 Å². The Morgan fingerprint density at radius 1 is 1.15 bits per heavy atom. The minimum atomic E-state index is -4.49. The summed E-state index contributed by atoms with van der Waals surface area (Å²) in [6, 6.07) is 5.41. The molecule has 0 aliphatic rings. The number of aromatic nitrogens is 6. The summed E-state index contributed by atoms with van der Waals surface area (Å²) >= 11 is 0. The Morgan fingerprint density at radius 2 is 1.96 bits per heavy atom. The van der Waals surface area contributed by atoms with Crippen molar-refractivity contribution in [3.8, 4) is 11.4 Å². The zero-order valence-electron chi connectivity index (χ0n) is 13.9. The van der Waals surface area contributed by atoms with E-state index >= 15 is 0 Å². The molecule has 0 fully saturated rings. The lowest BCUT2D eigenvalue weighted by Gasteiger charge is -2.10. The van der Waals surface area contributed by atoms with Crippen LogP contribution in [0.4, 0.5) is 30.6 Å². The Kier molecular flexibility index (Phi) is 3.72. The second kappa shape index (κ2) is 5.97. The molecule has 27 heavy (non-hydrogen) atoms.